The molecule has 2 aromatic rings. The molecule has 0 saturated carbocycles. The second kappa shape index (κ2) is 10.9. The molecule has 1 fully saturated rings. The van der Waals surface area contributed by atoms with Gasteiger partial charge < -0.3 is 18.9 Å². The van der Waals surface area contributed by atoms with E-state index in [1.165, 1.54) is 20.5 Å². The van der Waals surface area contributed by atoms with Crippen molar-refractivity contribution >= 4 is 11.8 Å². The van der Waals surface area contributed by atoms with Gasteiger partial charge in [0.05, 0.1) is 38.8 Å². The third kappa shape index (κ3) is 6.03. The first-order valence-corrected chi connectivity index (χ1v) is 10.3. The molecule has 0 amide bonds. The quantitative estimate of drug-likeness (QED) is 0.258. The van der Waals surface area contributed by atoms with E-state index < -0.39 is 12.3 Å². The van der Waals surface area contributed by atoms with Crippen LogP contribution in [-0.2, 0) is 30.2 Å². The van der Waals surface area contributed by atoms with E-state index in [1.807, 2.05) is 55.5 Å². The molecular formula is C25H28O6. The molecule has 3 rings (SSSR count). The van der Waals surface area contributed by atoms with Crippen LogP contribution in [0, 0.1) is 6.92 Å². The van der Waals surface area contributed by atoms with Gasteiger partial charge in [-0.25, -0.2) is 4.79 Å². The van der Waals surface area contributed by atoms with Crippen molar-refractivity contribution in [3.8, 4) is 0 Å². The maximum atomic E-state index is 12.3. The van der Waals surface area contributed by atoms with Crippen LogP contribution < -0.4 is 0 Å². The summed E-state index contributed by atoms with van der Waals surface area (Å²) in [7, 11) is 2.84. The third-order valence-electron chi connectivity index (χ3n) is 5.27. The Morgan fingerprint density at radius 2 is 1.90 bits per heavy atom. The molecule has 1 saturated heterocycles. The molecule has 31 heavy (non-hydrogen) atoms. The monoisotopic (exact) mass is 424 g/mol. The van der Waals surface area contributed by atoms with Gasteiger partial charge in [0, 0.05) is 24.0 Å². The van der Waals surface area contributed by atoms with E-state index >= 15 is 0 Å². The van der Waals surface area contributed by atoms with Crippen LogP contribution in [0.4, 0.5) is 0 Å². The molecule has 0 aromatic heterocycles. The minimum atomic E-state index is -0.496. The average molecular weight is 424 g/mol. The summed E-state index contributed by atoms with van der Waals surface area (Å²) in [6.07, 6.45) is 2.16. The van der Waals surface area contributed by atoms with Crippen LogP contribution in [0.2, 0.25) is 0 Å². The number of methoxy groups -OCH3 is 2. The summed E-state index contributed by atoms with van der Waals surface area (Å²) in [6.45, 7) is 2.42. The standard InChI is InChI=1S/C25H28O6/c1-17-9-10-19(13-20(17)14-21(15-28-2)24(27)29-3)25-30-16-22(31-25)11-12-23(26)18-7-5-4-6-8-18/h4-10,13,15,22,25H,11-12,14,16H2,1-3H3. The van der Waals surface area contributed by atoms with E-state index in [1.54, 1.807) is 0 Å². The summed E-state index contributed by atoms with van der Waals surface area (Å²) in [6, 6.07) is 15.2. The average Bonchev–Trinajstić information content (AvgIpc) is 3.27. The van der Waals surface area contributed by atoms with Crippen molar-refractivity contribution in [2.45, 2.75) is 38.6 Å². The lowest BCUT2D eigenvalue weighted by molar-refractivity contribution is -0.136. The number of aryl methyl sites for hydroxylation is 1. The van der Waals surface area contributed by atoms with Gasteiger partial charge in [-0.3, -0.25) is 4.79 Å². The number of ether oxygens (including phenoxy) is 4. The number of hydrogen-bond acceptors (Lipinski definition) is 6. The Morgan fingerprint density at radius 1 is 1.13 bits per heavy atom. The third-order valence-corrected chi connectivity index (χ3v) is 5.27. The summed E-state index contributed by atoms with van der Waals surface area (Å²) >= 11 is 0. The van der Waals surface area contributed by atoms with Crippen molar-refractivity contribution < 1.29 is 28.5 Å². The van der Waals surface area contributed by atoms with Gasteiger partial charge in [0.15, 0.2) is 12.1 Å². The van der Waals surface area contributed by atoms with Crippen molar-refractivity contribution in [1.29, 1.82) is 0 Å². The summed E-state index contributed by atoms with van der Waals surface area (Å²) in [5.41, 5.74) is 4.01. The van der Waals surface area contributed by atoms with E-state index in [0.29, 0.717) is 37.0 Å². The Balaban J connectivity index is 1.62. The van der Waals surface area contributed by atoms with Crippen LogP contribution in [-0.4, -0.2) is 38.7 Å². The molecule has 6 heteroatoms. The lowest BCUT2D eigenvalue weighted by Gasteiger charge is -2.15. The first-order valence-electron chi connectivity index (χ1n) is 10.3. The van der Waals surface area contributed by atoms with E-state index in [-0.39, 0.29) is 11.9 Å². The van der Waals surface area contributed by atoms with Crippen molar-refractivity contribution in [2.75, 3.05) is 20.8 Å². The van der Waals surface area contributed by atoms with Crippen LogP contribution in [0.1, 0.15) is 46.2 Å². The fourth-order valence-corrected chi connectivity index (χ4v) is 3.50. The Hall–Kier alpha value is -2.96. The molecule has 1 aliphatic heterocycles. The van der Waals surface area contributed by atoms with Crippen molar-refractivity contribution in [1.82, 2.24) is 0 Å². The molecule has 6 nitrogen and oxygen atoms in total. The second-order valence-electron chi connectivity index (χ2n) is 7.48. The summed E-state index contributed by atoms with van der Waals surface area (Å²) in [5.74, 6) is -0.325. The summed E-state index contributed by atoms with van der Waals surface area (Å²) in [4.78, 5) is 24.3. The maximum absolute atomic E-state index is 12.3. The first-order chi connectivity index (χ1) is 15.0. The van der Waals surface area contributed by atoms with E-state index in [2.05, 4.69) is 0 Å². The highest BCUT2D eigenvalue weighted by molar-refractivity contribution is 5.96. The summed E-state index contributed by atoms with van der Waals surface area (Å²) in [5, 5.41) is 0. The molecule has 0 N–H and O–H groups in total. The van der Waals surface area contributed by atoms with Crippen LogP contribution in [0.15, 0.2) is 60.4 Å². The van der Waals surface area contributed by atoms with Gasteiger partial charge >= 0.3 is 5.97 Å². The minimum Gasteiger partial charge on any atom is -0.504 e. The highest BCUT2D eigenvalue weighted by atomic mass is 16.7. The van der Waals surface area contributed by atoms with Crippen LogP contribution in [0.25, 0.3) is 0 Å². The predicted octanol–water partition coefficient (Wildman–Crippen LogP) is 4.32. The highest BCUT2D eigenvalue weighted by Gasteiger charge is 2.28. The molecule has 1 heterocycles. The molecule has 1 aliphatic rings. The number of Topliss-reactive ketones (excluding diaryl/α,β-unsaturated/α-hetero) is 1. The Bertz CT molecular complexity index is 934. The van der Waals surface area contributed by atoms with Gasteiger partial charge in [-0.15, -0.1) is 0 Å². The zero-order valence-corrected chi connectivity index (χ0v) is 18.1. The number of ketones is 1. The van der Waals surface area contributed by atoms with Crippen LogP contribution >= 0.6 is 0 Å². The number of rotatable bonds is 9. The van der Waals surface area contributed by atoms with Crippen molar-refractivity contribution in [3.63, 3.8) is 0 Å². The Labute approximate surface area is 182 Å². The van der Waals surface area contributed by atoms with E-state index in [9.17, 15) is 9.59 Å². The number of esters is 1. The van der Waals surface area contributed by atoms with Gasteiger partial charge in [0.2, 0.25) is 0 Å². The molecule has 0 spiro atoms. The normalized spacial score (nSPS) is 18.6. The Kier molecular flexibility index (Phi) is 7.98. The molecule has 164 valence electrons. The number of carbonyl (C=O) groups excluding carboxylic acids is 2. The zero-order chi connectivity index (χ0) is 22.2. The molecule has 0 bridgehead atoms. The van der Waals surface area contributed by atoms with E-state index in [0.717, 1.165) is 16.7 Å². The smallest absolute Gasteiger partial charge is 0.337 e. The summed E-state index contributed by atoms with van der Waals surface area (Å²) < 4.78 is 21.7. The number of hydrogen-bond donors (Lipinski definition) is 0. The van der Waals surface area contributed by atoms with Gasteiger partial charge in [0.1, 0.15) is 0 Å². The lowest BCUT2D eigenvalue weighted by Crippen LogP contribution is -2.12. The number of carbonyl (C=O) groups is 2. The molecule has 2 aromatic carbocycles. The molecule has 0 aliphatic carbocycles. The van der Waals surface area contributed by atoms with Gasteiger partial charge in [-0.2, -0.15) is 0 Å². The molecule has 2 atom stereocenters. The lowest BCUT2D eigenvalue weighted by atomic mass is 9.98. The minimum absolute atomic E-state index is 0.102. The van der Waals surface area contributed by atoms with Gasteiger partial charge in [-0.1, -0.05) is 48.5 Å². The highest BCUT2D eigenvalue weighted by Crippen LogP contribution is 2.31. The molecule has 2 unspecified atom stereocenters. The number of benzene rings is 2. The molecule has 0 radical (unpaired) electrons. The van der Waals surface area contributed by atoms with Crippen molar-refractivity contribution in [2.24, 2.45) is 0 Å². The van der Waals surface area contributed by atoms with Crippen LogP contribution in [0.5, 0.6) is 0 Å². The second-order valence-corrected chi connectivity index (χ2v) is 7.48. The molecular weight excluding hydrogens is 396 g/mol. The van der Waals surface area contributed by atoms with Gasteiger partial charge in [0.25, 0.3) is 0 Å². The van der Waals surface area contributed by atoms with Crippen molar-refractivity contribution in [3.05, 3.63) is 82.6 Å². The fourth-order valence-electron chi connectivity index (χ4n) is 3.50. The van der Waals surface area contributed by atoms with E-state index in [4.69, 9.17) is 18.9 Å². The zero-order valence-electron chi connectivity index (χ0n) is 18.1. The fraction of sp³-hybridized carbons (Fsp3) is 0.360. The predicted molar refractivity (Wildman–Crippen MR) is 116 cm³/mol. The topological polar surface area (TPSA) is 71.1 Å². The maximum Gasteiger partial charge on any atom is 0.337 e. The first kappa shape index (κ1) is 22.7. The Morgan fingerprint density at radius 3 is 2.61 bits per heavy atom. The SMILES string of the molecule is COC=C(Cc1cc(C2OCC(CCC(=O)c3ccccc3)O2)ccc1C)C(=O)OC. The van der Waals surface area contributed by atoms with Crippen LogP contribution in [0.3, 0.4) is 0 Å². The largest absolute Gasteiger partial charge is 0.504 e. The van der Waals surface area contributed by atoms with Gasteiger partial charge in [-0.05, 0) is 24.5 Å².